The Labute approximate surface area is 118 Å². The summed E-state index contributed by atoms with van der Waals surface area (Å²) < 4.78 is 0. The highest BCUT2D eigenvalue weighted by atomic mass is 35.5. The van der Waals surface area contributed by atoms with Crippen molar-refractivity contribution in [2.45, 2.75) is 32.9 Å². The van der Waals surface area contributed by atoms with Crippen molar-refractivity contribution in [1.82, 2.24) is 5.32 Å². The van der Waals surface area contributed by atoms with E-state index in [0.29, 0.717) is 12.1 Å². The fraction of sp³-hybridized carbons (Fsp3) is 0.333. The maximum absolute atomic E-state index is 6.02. The van der Waals surface area contributed by atoms with Gasteiger partial charge in [0.25, 0.3) is 0 Å². The Hall–Kier alpha value is -0.830. The third-order valence-electron chi connectivity index (χ3n) is 3.04. The summed E-state index contributed by atoms with van der Waals surface area (Å²) in [5.41, 5.74) is 1.22. The number of benzene rings is 1. The largest absolute Gasteiger partial charge is 0.303 e. The summed E-state index contributed by atoms with van der Waals surface area (Å²) >= 11 is 7.87. The molecule has 0 radical (unpaired) electrons. The van der Waals surface area contributed by atoms with Gasteiger partial charge in [0.15, 0.2) is 0 Å². The summed E-state index contributed by atoms with van der Waals surface area (Å²) in [5.74, 6) is 0. The summed E-state index contributed by atoms with van der Waals surface area (Å²) in [4.78, 5) is 2.73. The van der Waals surface area contributed by atoms with Crippen LogP contribution in [0.3, 0.4) is 0 Å². The van der Waals surface area contributed by atoms with E-state index in [4.69, 9.17) is 11.6 Å². The maximum Gasteiger partial charge on any atom is 0.0409 e. The highest BCUT2D eigenvalue weighted by Gasteiger charge is 2.12. The van der Waals surface area contributed by atoms with Crippen LogP contribution in [-0.2, 0) is 0 Å². The van der Waals surface area contributed by atoms with Crippen molar-refractivity contribution in [3.8, 4) is 0 Å². The van der Waals surface area contributed by atoms with E-state index < -0.39 is 0 Å². The Bertz CT molecular complexity index is 521. The molecule has 1 unspecified atom stereocenters. The second kappa shape index (κ2) is 5.87. The standard InChI is InChI=1S/C15H18ClNS/c1-10-7-8-15(18-10)12(3)17-11(2)13-5-4-6-14(16)9-13/h4-9,11-12,17H,1-3H3/t11-,12?/m0/s1. The molecule has 0 aliphatic carbocycles. The quantitative estimate of drug-likeness (QED) is 0.819. The van der Waals surface area contributed by atoms with Gasteiger partial charge in [-0.3, -0.25) is 0 Å². The van der Waals surface area contributed by atoms with Crippen LogP contribution >= 0.6 is 22.9 Å². The Morgan fingerprint density at radius 1 is 1.11 bits per heavy atom. The van der Waals surface area contributed by atoms with Crippen LogP contribution in [0.25, 0.3) is 0 Å². The summed E-state index contributed by atoms with van der Waals surface area (Å²) in [6.07, 6.45) is 0. The second-order valence-corrected chi connectivity index (χ2v) is 6.37. The van der Waals surface area contributed by atoms with Gasteiger partial charge in [-0.05, 0) is 50.6 Å². The van der Waals surface area contributed by atoms with Crippen LogP contribution in [0.4, 0.5) is 0 Å². The molecule has 0 saturated heterocycles. The smallest absolute Gasteiger partial charge is 0.0409 e. The molecule has 18 heavy (non-hydrogen) atoms. The number of hydrogen-bond acceptors (Lipinski definition) is 2. The molecule has 0 bridgehead atoms. The number of hydrogen-bond donors (Lipinski definition) is 1. The van der Waals surface area contributed by atoms with E-state index in [1.54, 1.807) is 0 Å². The van der Waals surface area contributed by atoms with E-state index >= 15 is 0 Å². The van der Waals surface area contributed by atoms with E-state index in [1.807, 2.05) is 29.5 Å². The minimum atomic E-state index is 0.293. The molecule has 1 heterocycles. The molecule has 96 valence electrons. The number of thiophene rings is 1. The first-order chi connectivity index (χ1) is 8.56. The molecule has 0 aliphatic rings. The van der Waals surface area contributed by atoms with Crippen LogP contribution in [0.5, 0.6) is 0 Å². The monoisotopic (exact) mass is 279 g/mol. The third-order valence-corrected chi connectivity index (χ3v) is 4.46. The summed E-state index contributed by atoms with van der Waals surface area (Å²) in [7, 11) is 0. The molecule has 1 aromatic heterocycles. The Morgan fingerprint density at radius 2 is 1.89 bits per heavy atom. The lowest BCUT2D eigenvalue weighted by Gasteiger charge is -2.19. The van der Waals surface area contributed by atoms with Crippen LogP contribution in [0, 0.1) is 6.92 Å². The fourth-order valence-corrected chi connectivity index (χ4v) is 3.10. The van der Waals surface area contributed by atoms with Crippen LogP contribution in [-0.4, -0.2) is 0 Å². The molecule has 0 aliphatic heterocycles. The van der Waals surface area contributed by atoms with E-state index in [-0.39, 0.29) is 0 Å². The third kappa shape index (κ3) is 3.35. The first-order valence-electron chi connectivity index (χ1n) is 6.14. The van der Waals surface area contributed by atoms with Crippen molar-refractivity contribution in [1.29, 1.82) is 0 Å². The Morgan fingerprint density at radius 3 is 2.50 bits per heavy atom. The lowest BCUT2D eigenvalue weighted by molar-refractivity contribution is 0.500. The minimum Gasteiger partial charge on any atom is -0.303 e. The van der Waals surface area contributed by atoms with Gasteiger partial charge in [-0.15, -0.1) is 11.3 Å². The molecule has 3 heteroatoms. The van der Waals surface area contributed by atoms with Crippen molar-refractivity contribution in [2.75, 3.05) is 0 Å². The Balaban J connectivity index is 2.05. The van der Waals surface area contributed by atoms with E-state index in [9.17, 15) is 0 Å². The lowest BCUT2D eigenvalue weighted by atomic mass is 10.1. The zero-order valence-electron chi connectivity index (χ0n) is 10.9. The zero-order chi connectivity index (χ0) is 13.1. The first-order valence-corrected chi connectivity index (χ1v) is 7.33. The number of halogens is 1. The van der Waals surface area contributed by atoms with E-state index in [1.165, 1.54) is 15.3 Å². The van der Waals surface area contributed by atoms with Crippen LogP contribution in [0.15, 0.2) is 36.4 Å². The Kier molecular flexibility index (Phi) is 4.44. The van der Waals surface area contributed by atoms with Gasteiger partial charge in [0.05, 0.1) is 0 Å². The van der Waals surface area contributed by atoms with Crippen LogP contribution in [0.2, 0.25) is 5.02 Å². The fourth-order valence-electron chi connectivity index (χ4n) is 2.02. The van der Waals surface area contributed by atoms with Gasteiger partial charge in [-0.25, -0.2) is 0 Å². The topological polar surface area (TPSA) is 12.0 Å². The molecule has 0 spiro atoms. The van der Waals surface area contributed by atoms with Gasteiger partial charge < -0.3 is 5.32 Å². The molecule has 2 aromatic rings. The van der Waals surface area contributed by atoms with Gasteiger partial charge in [-0.2, -0.15) is 0 Å². The molecule has 1 N–H and O–H groups in total. The molecular weight excluding hydrogens is 262 g/mol. The molecule has 0 saturated carbocycles. The van der Waals surface area contributed by atoms with Gasteiger partial charge in [0, 0.05) is 26.9 Å². The average molecular weight is 280 g/mol. The van der Waals surface area contributed by atoms with Gasteiger partial charge in [0.1, 0.15) is 0 Å². The first kappa shape index (κ1) is 13.6. The molecule has 1 nitrogen and oxygen atoms in total. The predicted octanol–water partition coefficient (Wildman–Crippen LogP) is 5.12. The van der Waals surface area contributed by atoms with Gasteiger partial charge in [0.2, 0.25) is 0 Å². The lowest BCUT2D eigenvalue weighted by Crippen LogP contribution is -2.21. The average Bonchev–Trinajstić information content (AvgIpc) is 2.76. The van der Waals surface area contributed by atoms with E-state index in [0.717, 1.165) is 5.02 Å². The molecule has 0 amide bonds. The van der Waals surface area contributed by atoms with Crippen LogP contribution < -0.4 is 5.32 Å². The van der Waals surface area contributed by atoms with Crippen molar-refractivity contribution in [2.24, 2.45) is 0 Å². The highest BCUT2D eigenvalue weighted by Crippen LogP contribution is 2.25. The number of rotatable bonds is 4. The second-order valence-electron chi connectivity index (χ2n) is 4.61. The number of aryl methyl sites for hydroxylation is 1. The molecule has 2 rings (SSSR count). The van der Waals surface area contributed by atoms with Crippen molar-refractivity contribution >= 4 is 22.9 Å². The van der Waals surface area contributed by atoms with Crippen molar-refractivity contribution in [3.63, 3.8) is 0 Å². The normalized spacial score (nSPS) is 14.4. The van der Waals surface area contributed by atoms with Gasteiger partial charge in [-0.1, -0.05) is 23.7 Å². The number of nitrogens with one attached hydrogen (secondary N) is 1. The van der Waals surface area contributed by atoms with Crippen LogP contribution in [0.1, 0.15) is 41.2 Å². The van der Waals surface area contributed by atoms with Crippen molar-refractivity contribution < 1.29 is 0 Å². The zero-order valence-corrected chi connectivity index (χ0v) is 12.5. The highest BCUT2D eigenvalue weighted by molar-refractivity contribution is 7.12. The summed E-state index contributed by atoms with van der Waals surface area (Å²) in [6.45, 7) is 6.51. The molecule has 2 atom stereocenters. The maximum atomic E-state index is 6.02. The van der Waals surface area contributed by atoms with Gasteiger partial charge >= 0.3 is 0 Å². The molecular formula is C15H18ClNS. The molecule has 1 aromatic carbocycles. The predicted molar refractivity (Wildman–Crippen MR) is 80.5 cm³/mol. The summed E-state index contributed by atoms with van der Waals surface area (Å²) in [6, 6.07) is 13.0. The minimum absolute atomic E-state index is 0.293. The molecule has 0 fully saturated rings. The summed E-state index contributed by atoms with van der Waals surface area (Å²) in [5, 5.41) is 4.40. The SMILES string of the molecule is Cc1ccc(C(C)N[C@@H](C)c2cccc(Cl)c2)s1. The van der Waals surface area contributed by atoms with E-state index in [2.05, 4.69) is 44.3 Å². The van der Waals surface area contributed by atoms with Crippen molar-refractivity contribution in [3.05, 3.63) is 56.7 Å².